The van der Waals surface area contributed by atoms with Crippen LogP contribution in [-0.4, -0.2) is 33.0 Å². The molecular weight excluding hydrogens is 660 g/mol. The van der Waals surface area contributed by atoms with E-state index in [0.717, 1.165) is 39.3 Å². The lowest BCUT2D eigenvalue weighted by Gasteiger charge is -2.29. The first-order chi connectivity index (χ1) is 24.3. The number of halogens is 1. The Morgan fingerprint density at radius 3 is 2.10 bits per heavy atom. The summed E-state index contributed by atoms with van der Waals surface area (Å²) in [6.45, 7) is 8.96. The Bertz CT molecular complexity index is 2400. The van der Waals surface area contributed by atoms with Gasteiger partial charge in [-0.15, -0.1) is 0 Å². The molecule has 7 rings (SSSR count). The third-order valence-corrected chi connectivity index (χ3v) is 10.4. The van der Waals surface area contributed by atoms with E-state index in [1.807, 2.05) is 75.4 Å². The largest absolute Gasteiger partial charge is 0.339 e. The van der Waals surface area contributed by atoms with Crippen LogP contribution in [0.2, 0.25) is 5.02 Å². The van der Waals surface area contributed by atoms with Crippen molar-refractivity contribution in [3.63, 3.8) is 0 Å². The minimum Gasteiger partial charge on any atom is -0.339 e. The summed E-state index contributed by atoms with van der Waals surface area (Å²) in [5.74, 6) is -0.125. The molecule has 1 aliphatic heterocycles. The van der Waals surface area contributed by atoms with Crippen LogP contribution in [0.15, 0.2) is 136 Å². The highest BCUT2D eigenvalue weighted by atomic mass is 35.5. The summed E-state index contributed by atoms with van der Waals surface area (Å²) < 4.78 is 4.49. The molecule has 6 aromatic rings. The van der Waals surface area contributed by atoms with E-state index in [9.17, 15) is 9.59 Å². The van der Waals surface area contributed by atoms with E-state index >= 15 is 0 Å². The Balaban J connectivity index is 1.50. The molecule has 6 nitrogen and oxygen atoms in total. The number of carbonyl (C=O) groups excluding carboxylic acids is 1. The van der Waals surface area contributed by atoms with E-state index in [0.29, 0.717) is 38.7 Å². The number of hydrogen-bond donors (Lipinski definition) is 0. The zero-order chi connectivity index (χ0) is 34.9. The van der Waals surface area contributed by atoms with E-state index in [2.05, 4.69) is 66.1 Å². The maximum atomic E-state index is 14.7. The Hall–Kier alpha value is -5.24. The number of fused-ring (bicyclic) bond motifs is 1. The number of rotatable bonds is 8. The molecule has 0 N–H and O–H groups in total. The average molecular weight is 697 g/mol. The number of thiazole rings is 1. The molecule has 50 heavy (non-hydrogen) atoms. The van der Waals surface area contributed by atoms with Crippen molar-refractivity contribution in [2.24, 2.45) is 4.99 Å². The Morgan fingerprint density at radius 1 is 0.860 bits per heavy atom. The zero-order valence-corrected chi connectivity index (χ0v) is 30.0. The topological polar surface area (TPSA) is 59.6 Å². The van der Waals surface area contributed by atoms with Gasteiger partial charge in [0.2, 0.25) is 0 Å². The predicted octanol–water partition coefficient (Wildman–Crippen LogP) is 8.19. The molecule has 1 amide bonds. The van der Waals surface area contributed by atoms with Crippen LogP contribution >= 0.6 is 22.9 Å². The van der Waals surface area contributed by atoms with Gasteiger partial charge in [-0.05, 0) is 80.8 Å². The second-order valence-electron chi connectivity index (χ2n) is 12.3. The van der Waals surface area contributed by atoms with Crippen LogP contribution in [0.5, 0.6) is 0 Å². The van der Waals surface area contributed by atoms with Crippen molar-refractivity contribution in [2.75, 3.05) is 13.1 Å². The molecule has 0 fully saturated rings. The highest BCUT2D eigenvalue weighted by Crippen LogP contribution is 2.37. The monoisotopic (exact) mass is 696 g/mol. The SMILES string of the molecule is CCN(CC)C(=O)C1=C(C)N=c2s/c(=C/c3cc(-c4ccccc4)n(-c4ccc(C)cc4)c3-c3ccccc3)c(=O)n2[C@H]1c1ccc(Cl)cc1. The Kier molecular flexibility index (Phi) is 9.27. The smallest absolute Gasteiger partial charge is 0.271 e. The van der Waals surface area contributed by atoms with E-state index in [-0.39, 0.29) is 11.5 Å². The van der Waals surface area contributed by atoms with Crippen molar-refractivity contribution in [1.29, 1.82) is 0 Å². The first-order valence-corrected chi connectivity index (χ1v) is 18.0. The van der Waals surface area contributed by atoms with Gasteiger partial charge in [0.25, 0.3) is 11.5 Å². The maximum Gasteiger partial charge on any atom is 0.271 e. The van der Waals surface area contributed by atoms with Gasteiger partial charge in [-0.3, -0.25) is 14.2 Å². The maximum absolute atomic E-state index is 14.7. The minimum atomic E-state index is -0.649. The van der Waals surface area contributed by atoms with Gasteiger partial charge in [-0.25, -0.2) is 4.99 Å². The zero-order valence-electron chi connectivity index (χ0n) is 28.4. The summed E-state index contributed by atoms with van der Waals surface area (Å²) in [7, 11) is 0. The van der Waals surface area contributed by atoms with Gasteiger partial charge in [0.05, 0.1) is 33.2 Å². The molecule has 1 aliphatic rings. The number of aromatic nitrogens is 2. The van der Waals surface area contributed by atoms with Gasteiger partial charge in [-0.1, -0.05) is 113 Å². The number of allylic oxidation sites excluding steroid dienone is 1. The molecule has 0 saturated heterocycles. The molecular formula is C42H37ClN4O2S. The van der Waals surface area contributed by atoms with Gasteiger partial charge in [0.15, 0.2) is 4.80 Å². The summed E-state index contributed by atoms with van der Waals surface area (Å²) in [5, 5.41) is 0.583. The lowest BCUT2D eigenvalue weighted by molar-refractivity contribution is -0.127. The minimum absolute atomic E-state index is 0.125. The van der Waals surface area contributed by atoms with E-state index < -0.39 is 6.04 Å². The molecule has 1 atom stereocenters. The number of nitrogens with zero attached hydrogens (tertiary/aromatic N) is 4. The number of likely N-dealkylation sites (N-methyl/N-ethyl adjacent to an activating group) is 1. The molecule has 4 aromatic carbocycles. The van der Waals surface area contributed by atoms with Crippen LogP contribution in [0.1, 0.15) is 43.5 Å². The number of aryl methyl sites for hydroxylation is 1. The number of hydrogen-bond acceptors (Lipinski definition) is 4. The second-order valence-corrected chi connectivity index (χ2v) is 13.8. The van der Waals surface area contributed by atoms with Crippen molar-refractivity contribution in [3.8, 4) is 28.2 Å². The summed E-state index contributed by atoms with van der Waals surface area (Å²) in [6, 6.07) is 38.0. The summed E-state index contributed by atoms with van der Waals surface area (Å²) in [5.41, 5.74) is 8.87. The van der Waals surface area contributed by atoms with Crippen LogP contribution in [0.3, 0.4) is 0 Å². The second kappa shape index (κ2) is 13.9. The van der Waals surface area contributed by atoms with Crippen molar-refractivity contribution in [3.05, 3.63) is 168 Å². The van der Waals surface area contributed by atoms with Crippen molar-refractivity contribution >= 4 is 34.9 Å². The third-order valence-electron chi connectivity index (χ3n) is 9.21. The van der Waals surface area contributed by atoms with Gasteiger partial charge < -0.3 is 9.47 Å². The van der Waals surface area contributed by atoms with Crippen molar-refractivity contribution in [2.45, 2.75) is 33.7 Å². The summed E-state index contributed by atoms with van der Waals surface area (Å²) >= 11 is 7.64. The molecule has 0 spiro atoms. The molecule has 3 heterocycles. The highest BCUT2D eigenvalue weighted by molar-refractivity contribution is 7.07. The van der Waals surface area contributed by atoms with Crippen molar-refractivity contribution < 1.29 is 4.79 Å². The molecule has 0 radical (unpaired) electrons. The molecule has 2 aromatic heterocycles. The number of benzene rings is 4. The first kappa shape index (κ1) is 33.3. The lowest BCUT2D eigenvalue weighted by atomic mass is 9.94. The first-order valence-electron chi connectivity index (χ1n) is 16.8. The van der Waals surface area contributed by atoms with Gasteiger partial charge >= 0.3 is 0 Å². The van der Waals surface area contributed by atoms with Crippen LogP contribution in [-0.2, 0) is 4.79 Å². The van der Waals surface area contributed by atoms with Crippen LogP contribution in [0, 0.1) is 6.92 Å². The molecule has 0 unspecified atom stereocenters. The molecule has 0 aliphatic carbocycles. The molecule has 8 heteroatoms. The predicted molar refractivity (Wildman–Crippen MR) is 205 cm³/mol. The fourth-order valence-electron chi connectivity index (χ4n) is 6.69. The fourth-order valence-corrected chi connectivity index (χ4v) is 7.86. The average Bonchev–Trinajstić information content (AvgIpc) is 3.66. The Labute approximate surface area is 300 Å². The number of carbonyl (C=O) groups is 1. The van der Waals surface area contributed by atoms with Crippen molar-refractivity contribution in [1.82, 2.24) is 14.0 Å². The van der Waals surface area contributed by atoms with Gasteiger partial charge in [0.1, 0.15) is 0 Å². The summed E-state index contributed by atoms with van der Waals surface area (Å²) in [6.07, 6.45) is 1.98. The normalized spacial score (nSPS) is 14.4. The van der Waals surface area contributed by atoms with E-state index in [1.54, 1.807) is 21.6 Å². The fraction of sp³-hybridized carbons (Fsp3) is 0.167. The quantitative estimate of drug-likeness (QED) is 0.161. The third kappa shape index (κ3) is 6.08. The van der Waals surface area contributed by atoms with Crippen LogP contribution < -0.4 is 14.9 Å². The Morgan fingerprint density at radius 2 is 1.48 bits per heavy atom. The molecule has 0 saturated carbocycles. The lowest BCUT2D eigenvalue weighted by Crippen LogP contribution is -2.43. The highest BCUT2D eigenvalue weighted by Gasteiger charge is 2.34. The van der Waals surface area contributed by atoms with Gasteiger partial charge in [-0.2, -0.15) is 0 Å². The van der Waals surface area contributed by atoms with Gasteiger partial charge in [0, 0.05) is 29.4 Å². The standard InChI is InChI=1S/C42H37ClN4O2S/c1-5-45(6-2)41(49)37-28(4)44-42-47(39(37)31-19-21-33(43)22-20-31)40(48)36(50-42)26-32-25-35(29-13-9-7-10-14-29)46(34-23-17-27(3)18-24-34)38(32)30-15-11-8-12-16-30/h7-26,39H,5-6H2,1-4H3/b36-26+/t39-/m0/s1. The van der Waals surface area contributed by atoms with E-state index in [4.69, 9.17) is 16.6 Å². The summed E-state index contributed by atoms with van der Waals surface area (Å²) in [4.78, 5) is 35.9. The van der Waals surface area contributed by atoms with E-state index in [1.165, 1.54) is 16.9 Å². The molecule has 250 valence electrons. The van der Waals surface area contributed by atoms with Crippen LogP contribution in [0.25, 0.3) is 34.3 Å². The molecule has 0 bridgehead atoms. The van der Waals surface area contributed by atoms with Crippen LogP contribution in [0.4, 0.5) is 0 Å². The number of amides is 1.